The van der Waals surface area contributed by atoms with Crippen molar-refractivity contribution in [3.05, 3.63) is 16.3 Å². The van der Waals surface area contributed by atoms with Gasteiger partial charge in [-0.3, -0.25) is 0 Å². The molecule has 1 aliphatic heterocycles. The third-order valence-corrected chi connectivity index (χ3v) is 3.38. The molecule has 0 fully saturated rings. The first kappa shape index (κ1) is 8.99. The minimum absolute atomic E-state index is 0.321. The summed E-state index contributed by atoms with van der Waals surface area (Å²) in [7, 11) is 0. The normalized spacial score (nSPS) is 30.8. The fourth-order valence-corrected chi connectivity index (χ4v) is 2.41. The van der Waals surface area contributed by atoms with Gasteiger partial charge >= 0.3 is 0 Å². The van der Waals surface area contributed by atoms with Gasteiger partial charge in [0.25, 0.3) is 0 Å². The lowest BCUT2D eigenvalue weighted by molar-refractivity contribution is -0.0556. The molecule has 3 N–H and O–H groups in total. The first-order valence-electron chi connectivity index (χ1n) is 4.22. The summed E-state index contributed by atoms with van der Waals surface area (Å²) in [6.07, 6.45) is -0.640. The van der Waals surface area contributed by atoms with Crippen molar-refractivity contribution in [1.82, 2.24) is 0 Å². The van der Waals surface area contributed by atoms with Crippen molar-refractivity contribution in [2.75, 3.05) is 0 Å². The van der Waals surface area contributed by atoms with Crippen LogP contribution in [-0.2, 0) is 0 Å². The summed E-state index contributed by atoms with van der Waals surface area (Å²) in [5.74, 6) is 0.813. The van der Waals surface area contributed by atoms with Gasteiger partial charge < -0.3 is 15.6 Å². The van der Waals surface area contributed by atoms with Gasteiger partial charge in [-0.15, -0.1) is 11.3 Å². The summed E-state index contributed by atoms with van der Waals surface area (Å²) in [5, 5.41) is 11.8. The number of ether oxygens (including phenoxy) is 1. The predicted octanol–water partition coefficient (Wildman–Crippen LogP) is 1.28. The van der Waals surface area contributed by atoms with Gasteiger partial charge in [0.2, 0.25) is 0 Å². The minimum atomic E-state index is -0.640. The summed E-state index contributed by atoms with van der Waals surface area (Å²) in [6, 6.07) is 1.58. The van der Waals surface area contributed by atoms with Gasteiger partial charge in [0.05, 0.1) is 10.9 Å². The van der Waals surface area contributed by atoms with Crippen molar-refractivity contribution in [3.8, 4) is 5.75 Å². The third-order valence-electron chi connectivity index (χ3n) is 2.39. The Kier molecular flexibility index (Phi) is 1.87. The molecule has 13 heavy (non-hydrogen) atoms. The van der Waals surface area contributed by atoms with Gasteiger partial charge in [-0.2, -0.15) is 0 Å². The molecular formula is C9H13NO2S. The number of rotatable bonds is 0. The fourth-order valence-electron chi connectivity index (χ4n) is 1.56. The van der Waals surface area contributed by atoms with Crippen LogP contribution in [-0.4, -0.2) is 16.8 Å². The van der Waals surface area contributed by atoms with E-state index in [2.05, 4.69) is 0 Å². The van der Waals surface area contributed by atoms with Gasteiger partial charge in [0, 0.05) is 0 Å². The van der Waals surface area contributed by atoms with Crippen molar-refractivity contribution in [1.29, 1.82) is 0 Å². The van der Waals surface area contributed by atoms with Crippen LogP contribution in [0.4, 0.5) is 0 Å². The van der Waals surface area contributed by atoms with Crippen LogP contribution in [0.25, 0.3) is 0 Å². The highest BCUT2D eigenvalue weighted by atomic mass is 32.1. The van der Waals surface area contributed by atoms with Gasteiger partial charge in [-0.05, 0) is 25.3 Å². The molecule has 2 rings (SSSR count). The highest BCUT2D eigenvalue weighted by molar-refractivity contribution is 7.10. The molecule has 0 saturated heterocycles. The van der Waals surface area contributed by atoms with Gasteiger partial charge in [-0.1, -0.05) is 0 Å². The molecule has 4 heteroatoms. The molecule has 2 atom stereocenters. The van der Waals surface area contributed by atoms with Crippen LogP contribution in [0.1, 0.15) is 24.8 Å². The lowest BCUT2D eigenvalue weighted by Crippen LogP contribution is -2.50. The number of aliphatic hydroxyl groups is 1. The van der Waals surface area contributed by atoms with Crippen LogP contribution in [0.5, 0.6) is 5.75 Å². The third kappa shape index (κ3) is 1.25. The van der Waals surface area contributed by atoms with Gasteiger partial charge in [-0.25, -0.2) is 0 Å². The van der Waals surface area contributed by atoms with E-state index in [1.54, 1.807) is 0 Å². The molecule has 0 radical (unpaired) electrons. The number of hydrogen-bond acceptors (Lipinski definition) is 4. The highest BCUT2D eigenvalue weighted by Gasteiger charge is 2.41. The molecule has 0 bridgehead atoms. The van der Waals surface area contributed by atoms with E-state index in [0.29, 0.717) is 0 Å². The SMILES string of the molecule is CC1(C)Oc2ccsc2[C@H](N)[C@H]1O. The molecule has 0 spiro atoms. The smallest absolute Gasteiger partial charge is 0.135 e. The summed E-state index contributed by atoms with van der Waals surface area (Å²) in [4.78, 5) is 0.937. The van der Waals surface area contributed by atoms with E-state index in [1.807, 2.05) is 25.3 Å². The maximum atomic E-state index is 9.83. The van der Waals surface area contributed by atoms with E-state index < -0.39 is 11.7 Å². The Morgan fingerprint density at radius 2 is 2.31 bits per heavy atom. The average Bonchev–Trinajstić information content (AvgIpc) is 2.47. The molecule has 0 unspecified atom stereocenters. The van der Waals surface area contributed by atoms with Crippen molar-refractivity contribution in [2.45, 2.75) is 31.6 Å². The standard InChI is InChI=1S/C9H13NO2S/c1-9(2)8(11)6(10)7-5(12-9)3-4-13-7/h3-4,6,8,11H,10H2,1-2H3/t6-,8+/m0/s1. The van der Waals surface area contributed by atoms with Gasteiger partial charge in [0.15, 0.2) is 0 Å². The Balaban J connectivity index is 2.44. The fraction of sp³-hybridized carbons (Fsp3) is 0.556. The molecule has 0 saturated carbocycles. The molecule has 0 aliphatic carbocycles. The largest absolute Gasteiger partial charge is 0.484 e. The van der Waals surface area contributed by atoms with Crippen LogP contribution in [0.15, 0.2) is 11.4 Å². The number of aliphatic hydroxyl groups excluding tert-OH is 1. The van der Waals surface area contributed by atoms with Crippen molar-refractivity contribution in [2.24, 2.45) is 5.73 Å². The lowest BCUT2D eigenvalue weighted by Gasteiger charge is -2.39. The molecular weight excluding hydrogens is 186 g/mol. The number of fused-ring (bicyclic) bond motifs is 1. The van der Waals surface area contributed by atoms with E-state index in [4.69, 9.17) is 10.5 Å². The second-order valence-electron chi connectivity index (χ2n) is 3.83. The Bertz CT molecular complexity index is 321. The molecule has 2 heterocycles. The number of hydrogen-bond donors (Lipinski definition) is 2. The highest BCUT2D eigenvalue weighted by Crippen LogP contribution is 2.41. The Hall–Kier alpha value is -0.580. The molecule has 1 aliphatic rings. The second-order valence-corrected chi connectivity index (χ2v) is 4.77. The zero-order valence-electron chi connectivity index (χ0n) is 7.65. The lowest BCUT2D eigenvalue weighted by atomic mass is 9.91. The monoisotopic (exact) mass is 199 g/mol. The van der Waals surface area contributed by atoms with Crippen LogP contribution in [0.3, 0.4) is 0 Å². The first-order chi connectivity index (χ1) is 6.02. The van der Waals surface area contributed by atoms with E-state index in [9.17, 15) is 5.11 Å². The quantitative estimate of drug-likeness (QED) is 0.661. The second kappa shape index (κ2) is 2.70. The van der Waals surface area contributed by atoms with Crippen molar-refractivity contribution in [3.63, 3.8) is 0 Å². The van der Waals surface area contributed by atoms with E-state index >= 15 is 0 Å². The van der Waals surface area contributed by atoms with Crippen molar-refractivity contribution >= 4 is 11.3 Å². The molecule has 1 aromatic rings. The van der Waals surface area contributed by atoms with Crippen LogP contribution in [0, 0.1) is 0 Å². The molecule has 3 nitrogen and oxygen atoms in total. The Morgan fingerprint density at radius 3 is 3.00 bits per heavy atom. The minimum Gasteiger partial charge on any atom is -0.484 e. The molecule has 0 aromatic carbocycles. The molecule has 0 amide bonds. The predicted molar refractivity (Wildman–Crippen MR) is 52.0 cm³/mol. The zero-order valence-corrected chi connectivity index (χ0v) is 8.47. The maximum absolute atomic E-state index is 9.83. The van der Waals surface area contributed by atoms with Crippen LogP contribution in [0.2, 0.25) is 0 Å². The Labute approximate surface area is 81.1 Å². The summed E-state index contributed by atoms with van der Waals surface area (Å²) in [6.45, 7) is 3.69. The average molecular weight is 199 g/mol. The Morgan fingerprint density at radius 1 is 1.62 bits per heavy atom. The number of thiophene rings is 1. The van der Waals surface area contributed by atoms with E-state index in [0.717, 1.165) is 10.6 Å². The van der Waals surface area contributed by atoms with Crippen molar-refractivity contribution < 1.29 is 9.84 Å². The maximum Gasteiger partial charge on any atom is 0.135 e. The van der Waals surface area contributed by atoms with Crippen LogP contribution < -0.4 is 10.5 Å². The topological polar surface area (TPSA) is 55.5 Å². The summed E-state index contributed by atoms with van der Waals surface area (Å²) < 4.78 is 5.62. The van der Waals surface area contributed by atoms with Gasteiger partial charge in [0.1, 0.15) is 17.5 Å². The first-order valence-corrected chi connectivity index (χ1v) is 5.10. The molecule has 1 aromatic heterocycles. The van der Waals surface area contributed by atoms with Crippen LogP contribution >= 0.6 is 11.3 Å². The summed E-state index contributed by atoms with van der Waals surface area (Å²) in [5.41, 5.74) is 5.30. The van der Waals surface area contributed by atoms with E-state index in [1.165, 1.54) is 11.3 Å². The molecule has 72 valence electrons. The summed E-state index contributed by atoms with van der Waals surface area (Å²) >= 11 is 1.53. The zero-order chi connectivity index (χ0) is 9.64. The van der Waals surface area contributed by atoms with E-state index in [-0.39, 0.29) is 6.04 Å². The number of nitrogens with two attached hydrogens (primary N) is 1.